The topological polar surface area (TPSA) is 51.0 Å². The van der Waals surface area contributed by atoms with Crippen molar-refractivity contribution >= 4 is 0 Å². The van der Waals surface area contributed by atoms with E-state index in [-0.39, 0.29) is 5.41 Å². The molecular weight excluding hydrogens is 250 g/mol. The molecule has 0 saturated heterocycles. The number of aromatic nitrogens is 2. The van der Waals surface area contributed by atoms with Gasteiger partial charge in [-0.3, -0.25) is 0 Å². The van der Waals surface area contributed by atoms with Crippen LogP contribution in [0.3, 0.4) is 0 Å². The second-order valence-electron chi connectivity index (χ2n) is 5.49. The Morgan fingerprint density at radius 2 is 2.05 bits per heavy atom. The van der Waals surface area contributed by atoms with E-state index in [2.05, 4.69) is 46.6 Å². The Hall–Kier alpha value is -1.68. The Kier molecular flexibility index (Phi) is 3.83. The molecule has 2 aromatic rings. The summed E-state index contributed by atoms with van der Waals surface area (Å²) in [7, 11) is 0. The molecule has 20 heavy (non-hydrogen) atoms. The molecule has 1 N–H and O–H groups in total. The molecule has 1 fully saturated rings. The van der Waals surface area contributed by atoms with Crippen LogP contribution in [0.4, 0.5) is 0 Å². The number of rotatable bonds is 6. The fraction of sp³-hybridized carbons (Fsp3) is 0.500. The van der Waals surface area contributed by atoms with E-state index in [0.717, 1.165) is 31.6 Å². The van der Waals surface area contributed by atoms with E-state index in [1.165, 1.54) is 12.0 Å². The molecule has 0 aliphatic heterocycles. The lowest BCUT2D eigenvalue weighted by atomic mass is 9.64. The molecule has 1 aromatic heterocycles. The number of benzene rings is 1. The maximum Gasteiger partial charge on any atom is 0.240 e. The summed E-state index contributed by atoms with van der Waals surface area (Å²) in [5.74, 6) is 1.54. The van der Waals surface area contributed by atoms with Crippen LogP contribution in [-0.4, -0.2) is 16.7 Å². The van der Waals surface area contributed by atoms with Gasteiger partial charge in [-0.15, -0.1) is 0 Å². The van der Waals surface area contributed by atoms with Gasteiger partial charge in [0.15, 0.2) is 5.82 Å². The third-order valence-corrected chi connectivity index (χ3v) is 4.13. The number of hydrogen-bond donors (Lipinski definition) is 1. The molecule has 4 heteroatoms. The molecule has 0 spiro atoms. The van der Waals surface area contributed by atoms with Crippen LogP contribution in [0, 0.1) is 0 Å². The Morgan fingerprint density at radius 1 is 1.25 bits per heavy atom. The Morgan fingerprint density at radius 3 is 2.70 bits per heavy atom. The number of nitrogens with one attached hydrogen (secondary N) is 1. The van der Waals surface area contributed by atoms with Gasteiger partial charge in [0, 0.05) is 0 Å². The summed E-state index contributed by atoms with van der Waals surface area (Å²) in [6.45, 7) is 3.78. The molecule has 0 unspecified atom stereocenters. The van der Waals surface area contributed by atoms with E-state index in [4.69, 9.17) is 4.52 Å². The minimum absolute atomic E-state index is 0.0201. The van der Waals surface area contributed by atoms with Crippen LogP contribution in [-0.2, 0) is 12.0 Å². The molecule has 0 radical (unpaired) electrons. The summed E-state index contributed by atoms with van der Waals surface area (Å²) in [6.07, 6.45) is 4.55. The lowest BCUT2D eigenvalue weighted by Crippen LogP contribution is -2.36. The van der Waals surface area contributed by atoms with Gasteiger partial charge in [0.05, 0.1) is 12.0 Å². The van der Waals surface area contributed by atoms with E-state index < -0.39 is 0 Å². The first-order valence-corrected chi connectivity index (χ1v) is 7.44. The zero-order valence-electron chi connectivity index (χ0n) is 11.9. The van der Waals surface area contributed by atoms with Crippen LogP contribution in [0.5, 0.6) is 0 Å². The molecular formula is C16H21N3O. The first kappa shape index (κ1) is 13.3. The number of nitrogens with zero attached hydrogens (tertiary/aromatic N) is 2. The molecule has 106 valence electrons. The zero-order valence-corrected chi connectivity index (χ0v) is 11.9. The van der Waals surface area contributed by atoms with Crippen LogP contribution in [0.1, 0.15) is 49.9 Å². The Bertz CT molecular complexity index is 546. The third-order valence-electron chi connectivity index (χ3n) is 4.13. The van der Waals surface area contributed by atoms with E-state index in [1.807, 2.05) is 6.07 Å². The van der Waals surface area contributed by atoms with Gasteiger partial charge in [0.2, 0.25) is 5.89 Å². The van der Waals surface area contributed by atoms with Crippen molar-refractivity contribution in [1.29, 1.82) is 0 Å². The van der Waals surface area contributed by atoms with Crippen LogP contribution in [0.2, 0.25) is 0 Å². The van der Waals surface area contributed by atoms with E-state index in [1.54, 1.807) is 0 Å². The lowest BCUT2D eigenvalue weighted by Gasteiger charge is -2.39. The summed E-state index contributed by atoms with van der Waals surface area (Å²) < 4.78 is 5.39. The fourth-order valence-electron chi connectivity index (χ4n) is 2.82. The monoisotopic (exact) mass is 271 g/mol. The zero-order chi connectivity index (χ0) is 13.8. The predicted octanol–water partition coefficient (Wildman–Crippen LogP) is 3.04. The minimum atomic E-state index is -0.0201. The van der Waals surface area contributed by atoms with Crippen molar-refractivity contribution in [3.63, 3.8) is 0 Å². The van der Waals surface area contributed by atoms with E-state index in [0.29, 0.717) is 12.4 Å². The average Bonchev–Trinajstić information content (AvgIpc) is 2.88. The van der Waals surface area contributed by atoms with Crippen LogP contribution < -0.4 is 5.32 Å². The molecule has 1 saturated carbocycles. The summed E-state index contributed by atoms with van der Waals surface area (Å²) in [5, 5.41) is 7.54. The van der Waals surface area contributed by atoms with E-state index >= 15 is 0 Å². The van der Waals surface area contributed by atoms with Crippen molar-refractivity contribution < 1.29 is 4.52 Å². The molecule has 4 nitrogen and oxygen atoms in total. The highest BCUT2D eigenvalue weighted by Gasteiger charge is 2.44. The Labute approximate surface area is 119 Å². The fourth-order valence-corrected chi connectivity index (χ4v) is 2.82. The van der Waals surface area contributed by atoms with Crippen molar-refractivity contribution in [3.05, 3.63) is 47.6 Å². The molecule has 1 heterocycles. The van der Waals surface area contributed by atoms with Gasteiger partial charge in [-0.2, -0.15) is 4.98 Å². The predicted molar refractivity (Wildman–Crippen MR) is 77.4 cm³/mol. The van der Waals surface area contributed by atoms with Gasteiger partial charge >= 0.3 is 0 Å². The second-order valence-corrected chi connectivity index (χ2v) is 5.49. The van der Waals surface area contributed by atoms with Crippen LogP contribution in [0.25, 0.3) is 0 Å². The quantitative estimate of drug-likeness (QED) is 0.820. The van der Waals surface area contributed by atoms with E-state index in [9.17, 15) is 0 Å². The average molecular weight is 271 g/mol. The summed E-state index contributed by atoms with van der Waals surface area (Å²) in [5.41, 5.74) is 1.29. The highest BCUT2D eigenvalue weighted by Crippen LogP contribution is 2.47. The van der Waals surface area contributed by atoms with Gasteiger partial charge in [0.25, 0.3) is 0 Å². The standard InChI is InChI=1S/C16H21N3O/c1-2-11-17-12-14-18-15(19-20-14)16(9-6-10-16)13-7-4-3-5-8-13/h3-5,7-8,17H,2,6,9-12H2,1H3. The van der Waals surface area contributed by atoms with Crippen LogP contribution >= 0.6 is 0 Å². The van der Waals surface area contributed by atoms with Gasteiger partial charge in [0.1, 0.15) is 0 Å². The molecule has 3 rings (SSSR count). The van der Waals surface area contributed by atoms with Gasteiger partial charge < -0.3 is 9.84 Å². The maximum atomic E-state index is 5.39. The first-order valence-electron chi connectivity index (χ1n) is 7.44. The molecule has 0 atom stereocenters. The number of hydrogen-bond acceptors (Lipinski definition) is 4. The van der Waals surface area contributed by atoms with Gasteiger partial charge in [-0.1, -0.05) is 48.8 Å². The summed E-state index contributed by atoms with van der Waals surface area (Å²) in [4.78, 5) is 4.61. The van der Waals surface area contributed by atoms with Crippen molar-refractivity contribution in [2.75, 3.05) is 6.54 Å². The molecule has 1 aromatic carbocycles. The van der Waals surface area contributed by atoms with Crippen LogP contribution in [0.15, 0.2) is 34.9 Å². The third kappa shape index (κ3) is 2.36. The molecule has 0 amide bonds. The molecule has 1 aliphatic rings. The first-order chi connectivity index (χ1) is 9.85. The lowest BCUT2D eigenvalue weighted by molar-refractivity contribution is 0.270. The van der Waals surface area contributed by atoms with Crippen molar-refractivity contribution in [3.8, 4) is 0 Å². The normalized spacial score (nSPS) is 16.9. The SMILES string of the molecule is CCCNCc1nc(C2(c3ccccc3)CCC2)no1. The highest BCUT2D eigenvalue weighted by atomic mass is 16.5. The second kappa shape index (κ2) is 5.75. The Balaban J connectivity index is 1.80. The smallest absolute Gasteiger partial charge is 0.240 e. The van der Waals surface area contributed by atoms with Gasteiger partial charge in [-0.25, -0.2) is 0 Å². The molecule has 1 aliphatic carbocycles. The maximum absolute atomic E-state index is 5.39. The van der Waals surface area contributed by atoms with Crippen molar-refractivity contribution in [1.82, 2.24) is 15.5 Å². The van der Waals surface area contributed by atoms with Gasteiger partial charge in [-0.05, 0) is 31.4 Å². The molecule has 0 bridgehead atoms. The highest BCUT2D eigenvalue weighted by molar-refractivity contribution is 5.35. The van der Waals surface area contributed by atoms with Crippen molar-refractivity contribution in [2.45, 2.75) is 44.6 Å². The van der Waals surface area contributed by atoms with Crippen molar-refractivity contribution in [2.24, 2.45) is 0 Å². The minimum Gasteiger partial charge on any atom is -0.338 e. The summed E-state index contributed by atoms with van der Waals surface area (Å²) >= 11 is 0. The largest absolute Gasteiger partial charge is 0.338 e. The summed E-state index contributed by atoms with van der Waals surface area (Å²) in [6, 6.07) is 10.6.